The second-order valence-corrected chi connectivity index (χ2v) is 6.35. The number of carbonyl (C=O) groups is 1. The predicted molar refractivity (Wildman–Crippen MR) is 101 cm³/mol. The molecule has 1 amide bonds. The van der Waals surface area contributed by atoms with Crippen LogP contribution in [0.5, 0.6) is 0 Å². The first kappa shape index (κ1) is 18.5. The van der Waals surface area contributed by atoms with E-state index in [1.54, 1.807) is 30.3 Å². The monoisotopic (exact) mass is 395 g/mol. The number of H-pyrrole nitrogens is 1. The number of hydrogen-bond donors (Lipinski definition) is 2. The average molecular weight is 395 g/mol. The van der Waals surface area contributed by atoms with Gasteiger partial charge >= 0.3 is 0 Å². The summed E-state index contributed by atoms with van der Waals surface area (Å²) >= 11 is 0. The lowest BCUT2D eigenvalue weighted by atomic mass is 10.1. The van der Waals surface area contributed by atoms with Crippen LogP contribution in [0, 0.1) is 11.6 Å². The molecule has 4 aromatic rings. The van der Waals surface area contributed by atoms with Gasteiger partial charge in [0.15, 0.2) is 5.82 Å². The molecule has 0 unspecified atom stereocenters. The molecule has 2 aromatic carbocycles. The summed E-state index contributed by atoms with van der Waals surface area (Å²) < 4.78 is 28.1. The van der Waals surface area contributed by atoms with Gasteiger partial charge in [-0.2, -0.15) is 10.2 Å². The Morgan fingerprint density at radius 3 is 2.62 bits per heavy atom. The minimum atomic E-state index is -0.471. The molecule has 2 aromatic heterocycles. The molecule has 7 nitrogen and oxygen atoms in total. The van der Waals surface area contributed by atoms with Crippen molar-refractivity contribution < 1.29 is 13.6 Å². The van der Waals surface area contributed by atoms with Gasteiger partial charge in [0.05, 0.1) is 12.1 Å². The maximum absolute atomic E-state index is 13.7. The fraction of sp³-hybridized carbons (Fsp3) is 0.100. The molecule has 146 valence electrons. The van der Waals surface area contributed by atoms with Crippen molar-refractivity contribution in [3.63, 3.8) is 0 Å². The van der Waals surface area contributed by atoms with Gasteiger partial charge in [-0.25, -0.2) is 18.4 Å². The Morgan fingerprint density at radius 2 is 1.86 bits per heavy atom. The highest BCUT2D eigenvalue weighted by Gasteiger charge is 2.15. The smallest absolute Gasteiger partial charge is 0.290 e. The summed E-state index contributed by atoms with van der Waals surface area (Å²) in [7, 11) is 0. The van der Waals surface area contributed by atoms with Crippen molar-refractivity contribution in [1.82, 2.24) is 25.1 Å². The first-order valence-electron chi connectivity index (χ1n) is 8.74. The largest absolute Gasteiger partial charge is 0.352 e. The van der Waals surface area contributed by atoms with Crippen molar-refractivity contribution in [2.24, 2.45) is 0 Å². The van der Waals surface area contributed by atoms with E-state index in [-0.39, 0.29) is 30.1 Å². The van der Waals surface area contributed by atoms with Crippen molar-refractivity contribution in [3.05, 3.63) is 88.0 Å². The number of aromatic nitrogens is 4. The molecule has 0 fully saturated rings. The van der Waals surface area contributed by atoms with Crippen molar-refractivity contribution in [1.29, 1.82) is 0 Å². The Bertz CT molecular complexity index is 1250. The second-order valence-electron chi connectivity index (χ2n) is 6.35. The van der Waals surface area contributed by atoms with Gasteiger partial charge < -0.3 is 5.32 Å². The molecule has 0 atom stereocenters. The Morgan fingerprint density at radius 1 is 1.10 bits per heavy atom. The molecule has 0 aliphatic heterocycles. The van der Waals surface area contributed by atoms with Gasteiger partial charge in [0, 0.05) is 17.7 Å². The number of carbonyl (C=O) groups excluding carboxylic acids is 1. The number of nitrogens with one attached hydrogen (secondary N) is 2. The summed E-state index contributed by atoms with van der Waals surface area (Å²) in [5.41, 5.74) is 1.15. The van der Waals surface area contributed by atoms with Crippen LogP contribution in [0.2, 0.25) is 0 Å². The molecule has 0 radical (unpaired) electrons. The van der Waals surface area contributed by atoms with Crippen molar-refractivity contribution in [3.8, 4) is 11.3 Å². The minimum absolute atomic E-state index is 0.0257. The zero-order valence-electron chi connectivity index (χ0n) is 15.0. The maximum atomic E-state index is 13.7. The van der Waals surface area contributed by atoms with Crippen LogP contribution >= 0.6 is 0 Å². The zero-order chi connectivity index (χ0) is 20.4. The third-order valence-corrected chi connectivity index (χ3v) is 4.37. The van der Waals surface area contributed by atoms with Crippen LogP contribution in [-0.4, -0.2) is 25.7 Å². The van der Waals surface area contributed by atoms with Crippen molar-refractivity contribution >= 4 is 11.4 Å². The van der Waals surface area contributed by atoms with E-state index in [2.05, 4.69) is 20.6 Å². The van der Waals surface area contributed by atoms with E-state index in [4.69, 9.17) is 0 Å². The lowest BCUT2D eigenvalue weighted by Crippen LogP contribution is -2.27. The molecule has 0 saturated carbocycles. The molecular formula is C20H15F2N5O2. The van der Waals surface area contributed by atoms with Gasteiger partial charge in [-0.05, 0) is 36.4 Å². The first-order chi connectivity index (χ1) is 14.0. The number of benzene rings is 2. The lowest BCUT2D eigenvalue weighted by molar-refractivity contribution is -0.120. The van der Waals surface area contributed by atoms with E-state index in [0.717, 1.165) is 0 Å². The van der Waals surface area contributed by atoms with Crippen LogP contribution in [0.1, 0.15) is 11.4 Å². The molecule has 0 saturated heterocycles. The molecule has 0 aliphatic rings. The number of aromatic amines is 1. The van der Waals surface area contributed by atoms with Crippen LogP contribution in [-0.2, 0) is 17.8 Å². The van der Waals surface area contributed by atoms with E-state index < -0.39 is 17.3 Å². The van der Waals surface area contributed by atoms with Crippen LogP contribution in [0.25, 0.3) is 16.8 Å². The highest BCUT2D eigenvalue weighted by atomic mass is 19.1. The summed E-state index contributed by atoms with van der Waals surface area (Å²) in [5, 5.41) is 13.2. The van der Waals surface area contributed by atoms with Gasteiger partial charge in [-0.15, -0.1) is 0 Å². The lowest BCUT2D eigenvalue weighted by Gasteiger charge is -2.06. The van der Waals surface area contributed by atoms with E-state index in [9.17, 15) is 18.4 Å². The van der Waals surface area contributed by atoms with Gasteiger partial charge in [0.2, 0.25) is 5.91 Å². The average Bonchev–Trinajstić information content (AvgIpc) is 3.17. The summed E-state index contributed by atoms with van der Waals surface area (Å²) in [6.07, 6.45) is -0.174. The normalized spacial score (nSPS) is 11.0. The standard InChI is InChI=1S/C20H15F2N5O2/c21-14-7-5-12(6-8-14)16-9-17-20(29)25-24-18(27(17)26-16)10-19(28)23-11-13-3-1-2-4-15(13)22/h1-9H,10-11H2,(H,23,28)(H,25,29). The number of rotatable bonds is 5. The first-order valence-corrected chi connectivity index (χ1v) is 8.74. The Balaban J connectivity index is 1.58. The fourth-order valence-electron chi connectivity index (χ4n) is 2.88. The SMILES string of the molecule is O=C(Cc1n[nH]c(=O)c2cc(-c3ccc(F)cc3)nn12)NCc1ccccc1F. The topological polar surface area (TPSA) is 92.2 Å². The number of hydrogen-bond acceptors (Lipinski definition) is 4. The van der Waals surface area contributed by atoms with Crippen LogP contribution < -0.4 is 10.9 Å². The van der Waals surface area contributed by atoms with E-state index in [0.29, 0.717) is 16.8 Å². The predicted octanol–water partition coefficient (Wildman–Crippen LogP) is 2.22. The number of halogens is 2. The molecule has 9 heteroatoms. The van der Waals surface area contributed by atoms with Gasteiger partial charge in [-0.3, -0.25) is 9.59 Å². The van der Waals surface area contributed by atoms with Crippen molar-refractivity contribution in [2.75, 3.05) is 0 Å². The maximum Gasteiger partial charge on any atom is 0.290 e. The van der Waals surface area contributed by atoms with Crippen LogP contribution in [0.15, 0.2) is 59.4 Å². The molecule has 0 aliphatic carbocycles. The van der Waals surface area contributed by atoms with E-state index in [1.165, 1.54) is 28.8 Å². The van der Waals surface area contributed by atoms with Crippen LogP contribution in [0.3, 0.4) is 0 Å². The Kier molecular flexibility index (Phi) is 4.86. The number of amides is 1. The quantitative estimate of drug-likeness (QED) is 0.542. The third kappa shape index (κ3) is 3.88. The Hall–Kier alpha value is -3.88. The molecule has 29 heavy (non-hydrogen) atoms. The van der Waals surface area contributed by atoms with Gasteiger partial charge in [0.25, 0.3) is 5.56 Å². The summed E-state index contributed by atoms with van der Waals surface area (Å²) in [6, 6.07) is 13.3. The molecule has 0 bridgehead atoms. The minimum Gasteiger partial charge on any atom is -0.352 e. The highest BCUT2D eigenvalue weighted by Crippen LogP contribution is 2.19. The zero-order valence-corrected chi connectivity index (χ0v) is 15.0. The molecule has 0 spiro atoms. The molecule has 2 N–H and O–H groups in total. The summed E-state index contributed by atoms with van der Waals surface area (Å²) in [6.45, 7) is 0.0257. The van der Waals surface area contributed by atoms with E-state index in [1.807, 2.05) is 0 Å². The highest BCUT2D eigenvalue weighted by molar-refractivity contribution is 5.78. The summed E-state index contributed by atoms with van der Waals surface area (Å²) in [5.74, 6) is -0.996. The number of fused-ring (bicyclic) bond motifs is 1. The van der Waals surface area contributed by atoms with Crippen molar-refractivity contribution in [2.45, 2.75) is 13.0 Å². The Labute approximate surface area is 163 Å². The number of nitrogens with zero attached hydrogens (tertiary/aromatic N) is 3. The second kappa shape index (κ2) is 7.63. The third-order valence-electron chi connectivity index (χ3n) is 4.37. The molecular weight excluding hydrogens is 380 g/mol. The fourth-order valence-corrected chi connectivity index (χ4v) is 2.88. The molecule has 4 rings (SSSR count). The van der Waals surface area contributed by atoms with Gasteiger partial charge in [-0.1, -0.05) is 18.2 Å². The summed E-state index contributed by atoms with van der Waals surface area (Å²) in [4.78, 5) is 24.4. The van der Waals surface area contributed by atoms with Gasteiger partial charge in [0.1, 0.15) is 17.2 Å². The van der Waals surface area contributed by atoms with Crippen LogP contribution in [0.4, 0.5) is 8.78 Å². The molecule has 2 heterocycles. The van der Waals surface area contributed by atoms with E-state index >= 15 is 0 Å².